The molecule has 0 amide bonds. The monoisotopic (exact) mass is 286 g/mol. The van der Waals surface area contributed by atoms with Gasteiger partial charge in [-0.1, -0.05) is 6.07 Å². The van der Waals surface area contributed by atoms with E-state index in [-0.39, 0.29) is 11.2 Å². The van der Waals surface area contributed by atoms with Crippen LogP contribution in [0.2, 0.25) is 0 Å². The SMILES string of the molecule is COc1cnnc2ccc(B3OC(C)(C)C(C)(C)O3)cc12. The van der Waals surface area contributed by atoms with E-state index in [1.165, 1.54) is 0 Å². The third-order valence-electron chi connectivity index (χ3n) is 4.37. The molecule has 0 saturated carbocycles. The van der Waals surface area contributed by atoms with Crippen molar-refractivity contribution in [1.29, 1.82) is 0 Å². The van der Waals surface area contributed by atoms with Crippen molar-refractivity contribution < 1.29 is 14.0 Å². The van der Waals surface area contributed by atoms with Gasteiger partial charge in [-0.25, -0.2) is 0 Å². The molecule has 1 aromatic heterocycles. The van der Waals surface area contributed by atoms with Crippen LogP contribution in [0.1, 0.15) is 27.7 Å². The molecule has 0 radical (unpaired) electrons. The molecule has 1 aromatic carbocycles. The standard InChI is InChI=1S/C15H19BN2O3/c1-14(2)15(3,4)21-16(20-14)10-6-7-12-11(8-10)13(19-5)9-17-18-12/h6-9H,1-5H3. The van der Waals surface area contributed by atoms with Gasteiger partial charge in [-0.2, -0.15) is 10.2 Å². The van der Waals surface area contributed by atoms with Gasteiger partial charge in [0.05, 0.1) is 30.0 Å². The van der Waals surface area contributed by atoms with Crippen LogP contribution in [-0.4, -0.2) is 35.6 Å². The number of hydrogen-bond acceptors (Lipinski definition) is 5. The van der Waals surface area contributed by atoms with Crippen LogP contribution in [0.25, 0.3) is 10.9 Å². The van der Waals surface area contributed by atoms with Crippen LogP contribution >= 0.6 is 0 Å². The summed E-state index contributed by atoms with van der Waals surface area (Å²) in [6.45, 7) is 8.17. The predicted molar refractivity (Wildman–Crippen MR) is 81.8 cm³/mol. The first-order valence-electron chi connectivity index (χ1n) is 6.99. The third-order valence-corrected chi connectivity index (χ3v) is 4.37. The van der Waals surface area contributed by atoms with Crippen molar-refractivity contribution in [3.8, 4) is 5.75 Å². The predicted octanol–water partition coefficient (Wildman–Crippen LogP) is 1.94. The van der Waals surface area contributed by atoms with E-state index in [1.807, 2.05) is 45.9 Å². The lowest BCUT2D eigenvalue weighted by Crippen LogP contribution is -2.41. The maximum Gasteiger partial charge on any atom is 0.494 e. The lowest BCUT2D eigenvalue weighted by Gasteiger charge is -2.32. The first-order chi connectivity index (χ1) is 9.84. The molecule has 0 N–H and O–H groups in total. The van der Waals surface area contributed by atoms with Crippen molar-refractivity contribution in [3.05, 3.63) is 24.4 Å². The first-order valence-corrected chi connectivity index (χ1v) is 6.99. The molecule has 110 valence electrons. The van der Waals surface area contributed by atoms with Gasteiger partial charge in [-0.3, -0.25) is 0 Å². The average molecular weight is 286 g/mol. The summed E-state index contributed by atoms with van der Waals surface area (Å²) in [5, 5.41) is 8.93. The van der Waals surface area contributed by atoms with Gasteiger partial charge in [0.15, 0.2) is 0 Å². The zero-order chi connectivity index (χ0) is 15.3. The molecule has 1 aliphatic heterocycles. The third kappa shape index (κ3) is 2.28. The molecule has 1 fully saturated rings. The molecule has 0 aliphatic carbocycles. The van der Waals surface area contributed by atoms with E-state index < -0.39 is 7.12 Å². The number of methoxy groups -OCH3 is 1. The van der Waals surface area contributed by atoms with Crippen molar-refractivity contribution in [1.82, 2.24) is 10.2 Å². The molecule has 0 atom stereocenters. The van der Waals surface area contributed by atoms with E-state index in [0.29, 0.717) is 5.75 Å². The lowest BCUT2D eigenvalue weighted by molar-refractivity contribution is 0.00578. The summed E-state index contributed by atoms with van der Waals surface area (Å²) in [7, 11) is 1.23. The smallest absolute Gasteiger partial charge is 0.494 e. The van der Waals surface area contributed by atoms with Crippen LogP contribution in [0.5, 0.6) is 5.75 Å². The number of aromatic nitrogens is 2. The summed E-state index contributed by atoms with van der Waals surface area (Å²) in [6, 6.07) is 5.86. The molecule has 0 unspecified atom stereocenters. The maximum atomic E-state index is 6.07. The van der Waals surface area contributed by atoms with Gasteiger partial charge >= 0.3 is 7.12 Å². The van der Waals surface area contributed by atoms with Crippen molar-refractivity contribution in [2.45, 2.75) is 38.9 Å². The summed E-state index contributed by atoms with van der Waals surface area (Å²) in [5.74, 6) is 0.693. The van der Waals surface area contributed by atoms with Crippen LogP contribution < -0.4 is 10.2 Å². The van der Waals surface area contributed by atoms with Crippen LogP contribution in [0.4, 0.5) is 0 Å². The Morgan fingerprint density at radius 2 is 1.76 bits per heavy atom. The van der Waals surface area contributed by atoms with E-state index in [1.54, 1.807) is 13.3 Å². The first kappa shape index (κ1) is 14.3. The van der Waals surface area contributed by atoms with Crippen LogP contribution in [0, 0.1) is 0 Å². The molecule has 5 nitrogen and oxygen atoms in total. The molecule has 0 bridgehead atoms. The zero-order valence-electron chi connectivity index (χ0n) is 13.0. The van der Waals surface area contributed by atoms with Crippen molar-refractivity contribution >= 4 is 23.5 Å². The molecule has 21 heavy (non-hydrogen) atoms. The number of nitrogens with zero attached hydrogens (tertiary/aromatic N) is 2. The maximum absolute atomic E-state index is 6.07. The highest BCUT2D eigenvalue weighted by Gasteiger charge is 2.51. The average Bonchev–Trinajstić information content (AvgIpc) is 2.66. The Bertz CT molecular complexity index is 672. The molecule has 6 heteroatoms. The highest BCUT2D eigenvalue weighted by Crippen LogP contribution is 2.36. The zero-order valence-corrected chi connectivity index (χ0v) is 13.0. The summed E-state index contributed by atoms with van der Waals surface area (Å²) < 4.78 is 17.5. The molecular weight excluding hydrogens is 267 g/mol. The number of hydrogen-bond donors (Lipinski definition) is 0. The fourth-order valence-corrected chi connectivity index (χ4v) is 2.34. The summed E-state index contributed by atoms with van der Waals surface area (Å²) in [6.07, 6.45) is 1.61. The number of fused-ring (bicyclic) bond motifs is 1. The minimum Gasteiger partial charge on any atom is -0.494 e. The Balaban J connectivity index is 2.03. The Hall–Kier alpha value is -1.66. The molecule has 3 rings (SSSR count). The highest BCUT2D eigenvalue weighted by molar-refractivity contribution is 6.62. The molecule has 2 heterocycles. The number of ether oxygens (including phenoxy) is 1. The summed E-state index contributed by atoms with van der Waals surface area (Å²) in [4.78, 5) is 0. The Morgan fingerprint density at radius 3 is 2.38 bits per heavy atom. The fourth-order valence-electron chi connectivity index (χ4n) is 2.34. The minimum atomic E-state index is -0.391. The van der Waals surface area contributed by atoms with Crippen LogP contribution in [-0.2, 0) is 9.31 Å². The van der Waals surface area contributed by atoms with E-state index in [0.717, 1.165) is 16.4 Å². The number of rotatable bonds is 2. The van der Waals surface area contributed by atoms with Gasteiger partial charge in [0.25, 0.3) is 0 Å². The molecule has 1 saturated heterocycles. The van der Waals surface area contributed by atoms with E-state index in [2.05, 4.69) is 10.2 Å². The van der Waals surface area contributed by atoms with Crippen LogP contribution in [0.3, 0.4) is 0 Å². The van der Waals surface area contributed by atoms with Crippen LogP contribution in [0.15, 0.2) is 24.4 Å². The molecule has 1 aliphatic rings. The second-order valence-electron chi connectivity index (χ2n) is 6.28. The van der Waals surface area contributed by atoms with Crippen molar-refractivity contribution in [3.63, 3.8) is 0 Å². The normalized spacial score (nSPS) is 20.0. The van der Waals surface area contributed by atoms with Gasteiger partial charge < -0.3 is 14.0 Å². The molecular formula is C15H19BN2O3. The highest BCUT2D eigenvalue weighted by atomic mass is 16.7. The molecule has 0 spiro atoms. The van der Waals surface area contributed by atoms with Gasteiger partial charge in [0, 0.05) is 5.39 Å². The van der Waals surface area contributed by atoms with Gasteiger partial charge in [0.1, 0.15) is 5.75 Å². The van der Waals surface area contributed by atoms with Gasteiger partial charge in [0.2, 0.25) is 0 Å². The minimum absolute atomic E-state index is 0.354. The van der Waals surface area contributed by atoms with E-state index >= 15 is 0 Å². The summed E-state index contributed by atoms with van der Waals surface area (Å²) >= 11 is 0. The largest absolute Gasteiger partial charge is 0.494 e. The van der Waals surface area contributed by atoms with E-state index in [9.17, 15) is 0 Å². The second-order valence-corrected chi connectivity index (χ2v) is 6.28. The van der Waals surface area contributed by atoms with E-state index in [4.69, 9.17) is 14.0 Å². The Labute approximate surface area is 124 Å². The Kier molecular flexibility index (Phi) is 3.18. The topological polar surface area (TPSA) is 53.5 Å². The van der Waals surface area contributed by atoms with Gasteiger partial charge in [-0.05, 0) is 45.3 Å². The lowest BCUT2D eigenvalue weighted by atomic mass is 9.78. The Morgan fingerprint density at radius 1 is 1.10 bits per heavy atom. The molecule has 2 aromatic rings. The second kappa shape index (κ2) is 4.68. The fraction of sp³-hybridized carbons (Fsp3) is 0.467. The van der Waals surface area contributed by atoms with Gasteiger partial charge in [-0.15, -0.1) is 0 Å². The van der Waals surface area contributed by atoms with Crippen molar-refractivity contribution in [2.75, 3.05) is 7.11 Å². The summed E-state index contributed by atoms with van der Waals surface area (Å²) in [5.41, 5.74) is 1.03. The van der Waals surface area contributed by atoms with Crippen molar-refractivity contribution in [2.24, 2.45) is 0 Å². The number of benzene rings is 1. The quantitative estimate of drug-likeness (QED) is 0.790.